The van der Waals surface area contributed by atoms with Gasteiger partial charge in [-0.2, -0.15) is 0 Å². The predicted molar refractivity (Wildman–Crippen MR) is 80.1 cm³/mol. The standard InChI is InChI=1S/C15H29N3O2/c1-3-4-13(7-9-16)5-6-15(20)18-10-8-14(11-18)17-12(2)19/h13-14H,3-11,16H2,1-2H3,(H,17,19). The van der Waals surface area contributed by atoms with Crippen LogP contribution in [0, 0.1) is 5.92 Å². The molecule has 0 aliphatic carbocycles. The highest BCUT2D eigenvalue weighted by Crippen LogP contribution is 2.19. The number of hydrogen-bond donors (Lipinski definition) is 2. The van der Waals surface area contributed by atoms with Crippen LogP contribution in [0.1, 0.15) is 52.4 Å². The van der Waals surface area contributed by atoms with Gasteiger partial charge in [-0.3, -0.25) is 9.59 Å². The minimum atomic E-state index is -0.0183. The van der Waals surface area contributed by atoms with Crippen LogP contribution in [0.3, 0.4) is 0 Å². The largest absolute Gasteiger partial charge is 0.352 e. The van der Waals surface area contributed by atoms with Crippen molar-refractivity contribution in [3.63, 3.8) is 0 Å². The van der Waals surface area contributed by atoms with Crippen LogP contribution in [0.15, 0.2) is 0 Å². The van der Waals surface area contributed by atoms with Gasteiger partial charge in [0.05, 0.1) is 0 Å². The summed E-state index contributed by atoms with van der Waals surface area (Å²) < 4.78 is 0. The molecule has 0 bridgehead atoms. The summed E-state index contributed by atoms with van der Waals surface area (Å²) >= 11 is 0. The minimum absolute atomic E-state index is 0.0183. The van der Waals surface area contributed by atoms with Gasteiger partial charge in [-0.15, -0.1) is 0 Å². The molecule has 0 aromatic rings. The van der Waals surface area contributed by atoms with Gasteiger partial charge in [-0.1, -0.05) is 19.8 Å². The van der Waals surface area contributed by atoms with Crippen molar-refractivity contribution in [2.24, 2.45) is 11.7 Å². The molecule has 0 aromatic carbocycles. The lowest BCUT2D eigenvalue weighted by atomic mass is 9.94. The first-order chi connectivity index (χ1) is 9.56. The second kappa shape index (κ2) is 8.95. The molecule has 2 atom stereocenters. The van der Waals surface area contributed by atoms with Crippen molar-refractivity contribution in [2.75, 3.05) is 19.6 Å². The van der Waals surface area contributed by atoms with E-state index in [0.717, 1.165) is 38.6 Å². The molecule has 1 saturated heterocycles. The average molecular weight is 283 g/mol. The summed E-state index contributed by atoms with van der Waals surface area (Å²) in [5, 5.41) is 2.88. The van der Waals surface area contributed by atoms with E-state index in [1.807, 2.05) is 4.90 Å². The van der Waals surface area contributed by atoms with Crippen LogP contribution in [-0.2, 0) is 9.59 Å². The third kappa shape index (κ3) is 5.90. The number of likely N-dealkylation sites (tertiary alicyclic amines) is 1. The summed E-state index contributed by atoms with van der Waals surface area (Å²) in [7, 11) is 0. The molecule has 20 heavy (non-hydrogen) atoms. The first kappa shape index (κ1) is 17.0. The van der Waals surface area contributed by atoms with Crippen LogP contribution in [0.2, 0.25) is 0 Å². The van der Waals surface area contributed by atoms with E-state index in [1.165, 1.54) is 6.92 Å². The monoisotopic (exact) mass is 283 g/mol. The predicted octanol–water partition coefficient (Wildman–Crippen LogP) is 1.27. The number of nitrogens with two attached hydrogens (primary N) is 1. The maximum absolute atomic E-state index is 12.2. The zero-order valence-corrected chi connectivity index (χ0v) is 12.9. The van der Waals surface area contributed by atoms with E-state index < -0.39 is 0 Å². The third-order valence-corrected chi connectivity index (χ3v) is 3.99. The lowest BCUT2D eigenvalue weighted by molar-refractivity contribution is -0.130. The average Bonchev–Trinajstić information content (AvgIpc) is 2.83. The molecular formula is C15H29N3O2. The fourth-order valence-corrected chi connectivity index (χ4v) is 2.95. The zero-order valence-electron chi connectivity index (χ0n) is 12.9. The van der Waals surface area contributed by atoms with E-state index in [2.05, 4.69) is 12.2 Å². The molecular weight excluding hydrogens is 254 g/mol. The van der Waals surface area contributed by atoms with Crippen molar-refractivity contribution in [3.8, 4) is 0 Å². The number of rotatable bonds is 8. The molecule has 5 heteroatoms. The Morgan fingerprint density at radius 3 is 2.70 bits per heavy atom. The number of carbonyl (C=O) groups is 2. The van der Waals surface area contributed by atoms with Crippen LogP contribution in [-0.4, -0.2) is 42.4 Å². The van der Waals surface area contributed by atoms with Gasteiger partial charge >= 0.3 is 0 Å². The number of nitrogens with zero attached hydrogens (tertiary/aromatic N) is 1. The van der Waals surface area contributed by atoms with E-state index in [9.17, 15) is 9.59 Å². The third-order valence-electron chi connectivity index (χ3n) is 3.99. The van der Waals surface area contributed by atoms with E-state index in [4.69, 9.17) is 5.73 Å². The highest BCUT2D eigenvalue weighted by Gasteiger charge is 2.26. The minimum Gasteiger partial charge on any atom is -0.352 e. The van der Waals surface area contributed by atoms with Crippen molar-refractivity contribution < 1.29 is 9.59 Å². The molecule has 1 aliphatic heterocycles. The summed E-state index contributed by atoms with van der Waals surface area (Å²) in [6.45, 7) is 5.82. The van der Waals surface area contributed by atoms with E-state index in [1.54, 1.807) is 0 Å². The Kier molecular flexibility index (Phi) is 7.59. The smallest absolute Gasteiger partial charge is 0.222 e. The second-order valence-electron chi connectivity index (χ2n) is 5.80. The van der Waals surface area contributed by atoms with Crippen LogP contribution in [0.25, 0.3) is 0 Å². The molecule has 0 saturated carbocycles. The summed E-state index contributed by atoms with van der Waals surface area (Å²) in [5.74, 6) is 0.772. The van der Waals surface area contributed by atoms with Crippen molar-refractivity contribution in [2.45, 2.75) is 58.4 Å². The number of amides is 2. The summed E-state index contributed by atoms with van der Waals surface area (Å²) in [6, 6.07) is 0.131. The molecule has 1 aliphatic rings. The Morgan fingerprint density at radius 2 is 2.10 bits per heavy atom. The first-order valence-corrected chi connectivity index (χ1v) is 7.81. The lowest BCUT2D eigenvalue weighted by Gasteiger charge is -2.19. The molecule has 3 N–H and O–H groups in total. The van der Waals surface area contributed by atoms with Crippen molar-refractivity contribution in [3.05, 3.63) is 0 Å². The first-order valence-electron chi connectivity index (χ1n) is 7.81. The normalized spacial score (nSPS) is 19.9. The molecule has 1 heterocycles. The van der Waals surface area contributed by atoms with Crippen molar-refractivity contribution in [1.29, 1.82) is 0 Å². The number of carbonyl (C=O) groups excluding carboxylic acids is 2. The fourth-order valence-electron chi connectivity index (χ4n) is 2.95. The van der Waals surface area contributed by atoms with Gasteiger partial charge in [0.2, 0.25) is 11.8 Å². The molecule has 1 rings (SSSR count). The van der Waals surface area contributed by atoms with E-state index in [0.29, 0.717) is 25.4 Å². The Balaban J connectivity index is 2.30. The van der Waals surface area contributed by atoms with Crippen molar-refractivity contribution in [1.82, 2.24) is 10.2 Å². The van der Waals surface area contributed by atoms with Gasteiger partial charge in [-0.05, 0) is 31.7 Å². The highest BCUT2D eigenvalue weighted by atomic mass is 16.2. The molecule has 5 nitrogen and oxygen atoms in total. The quantitative estimate of drug-likeness (QED) is 0.704. The molecule has 0 aromatic heterocycles. The highest BCUT2D eigenvalue weighted by molar-refractivity contribution is 5.77. The van der Waals surface area contributed by atoms with Gasteiger partial charge in [0.15, 0.2) is 0 Å². The number of nitrogens with one attached hydrogen (secondary N) is 1. The fraction of sp³-hybridized carbons (Fsp3) is 0.867. The molecule has 116 valence electrons. The Labute approximate surface area is 122 Å². The van der Waals surface area contributed by atoms with Crippen LogP contribution in [0.4, 0.5) is 0 Å². The van der Waals surface area contributed by atoms with Crippen LogP contribution < -0.4 is 11.1 Å². The maximum Gasteiger partial charge on any atom is 0.222 e. The van der Waals surface area contributed by atoms with E-state index >= 15 is 0 Å². The van der Waals surface area contributed by atoms with Gasteiger partial charge < -0.3 is 16.0 Å². The van der Waals surface area contributed by atoms with Gasteiger partial charge in [0, 0.05) is 32.5 Å². The van der Waals surface area contributed by atoms with Gasteiger partial charge in [0.25, 0.3) is 0 Å². The summed E-state index contributed by atoms with van der Waals surface area (Å²) in [6.07, 6.45) is 5.72. The van der Waals surface area contributed by atoms with Gasteiger partial charge in [-0.25, -0.2) is 0 Å². The van der Waals surface area contributed by atoms with E-state index in [-0.39, 0.29) is 17.9 Å². The van der Waals surface area contributed by atoms with Crippen molar-refractivity contribution >= 4 is 11.8 Å². The number of hydrogen-bond acceptors (Lipinski definition) is 3. The van der Waals surface area contributed by atoms with Crippen LogP contribution >= 0.6 is 0 Å². The second-order valence-corrected chi connectivity index (χ2v) is 5.80. The molecule has 1 fully saturated rings. The topological polar surface area (TPSA) is 75.4 Å². The molecule has 2 unspecified atom stereocenters. The molecule has 0 radical (unpaired) electrons. The molecule has 2 amide bonds. The Morgan fingerprint density at radius 1 is 1.35 bits per heavy atom. The summed E-state index contributed by atoms with van der Waals surface area (Å²) in [5.41, 5.74) is 5.62. The zero-order chi connectivity index (χ0) is 15.0. The van der Waals surface area contributed by atoms with Crippen LogP contribution in [0.5, 0.6) is 0 Å². The van der Waals surface area contributed by atoms with Gasteiger partial charge in [0.1, 0.15) is 0 Å². The summed E-state index contributed by atoms with van der Waals surface area (Å²) in [4.78, 5) is 25.1. The SMILES string of the molecule is CCCC(CCN)CCC(=O)N1CCC(NC(C)=O)C1. The molecule has 0 spiro atoms. The Bertz CT molecular complexity index is 314. The lowest BCUT2D eigenvalue weighted by Crippen LogP contribution is -2.37. The Hall–Kier alpha value is -1.10. The maximum atomic E-state index is 12.2.